The van der Waals surface area contributed by atoms with E-state index in [0.29, 0.717) is 12.0 Å². The number of nitrogens with zero attached hydrogens (tertiary/aromatic N) is 1. The number of aryl methyl sites for hydroxylation is 1. The molecule has 19 heavy (non-hydrogen) atoms. The van der Waals surface area contributed by atoms with E-state index in [4.69, 9.17) is 0 Å². The van der Waals surface area contributed by atoms with E-state index >= 15 is 0 Å². The SMILES string of the molecule is CCNC(C1CSCCS1)C1CCc2cccnc21. The zero-order valence-electron chi connectivity index (χ0n) is 11.5. The van der Waals surface area contributed by atoms with Crippen LogP contribution >= 0.6 is 23.5 Å². The summed E-state index contributed by atoms with van der Waals surface area (Å²) < 4.78 is 0. The molecule has 0 amide bonds. The first-order valence-electron chi connectivity index (χ1n) is 7.26. The van der Waals surface area contributed by atoms with Gasteiger partial charge in [-0.3, -0.25) is 4.98 Å². The first-order valence-corrected chi connectivity index (χ1v) is 9.47. The molecule has 0 saturated carbocycles. The summed E-state index contributed by atoms with van der Waals surface area (Å²) in [5.41, 5.74) is 2.84. The van der Waals surface area contributed by atoms with Gasteiger partial charge in [0.1, 0.15) is 0 Å². The van der Waals surface area contributed by atoms with Gasteiger partial charge in [-0.1, -0.05) is 13.0 Å². The van der Waals surface area contributed by atoms with E-state index in [-0.39, 0.29) is 0 Å². The van der Waals surface area contributed by atoms with Crippen molar-refractivity contribution in [3.05, 3.63) is 29.6 Å². The zero-order chi connectivity index (χ0) is 13.1. The molecular weight excluding hydrogens is 272 g/mol. The highest BCUT2D eigenvalue weighted by molar-refractivity contribution is 8.06. The lowest BCUT2D eigenvalue weighted by Crippen LogP contribution is -2.45. The molecule has 1 aromatic heterocycles. The van der Waals surface area contributed by atoms with Crippen LogP contribution in [0.5, 0.6) is 0 Å². The molecule has 3 atom stereocenters. The Bertz CT molecular complexity index is 418. The van der Waals surface area contributed by atoms with Crippen LogP contribution in [0.1, 0.15) is 30.5 Å². The largest absolute Gasteiger partial charge is 0.312 e. The lowest BCUT2D eigenvalue weighted by Gasteiger charge is -2.34. The van der Waals surface area contributed by atoms with Crippen LogP contribution in [0, 0.1) is 0 Å². The van der Waals surface area contributed by atoms with Gasteiger partial charge in [0.25, 0.3) is 0 Å². The van der Waals surface area contributed by atoms with Crippen molar-refractivity contribution in [1.29, 1.82) is 0 Å². The monoisotopic (exact) mass is 294 g/mol. The topological polar surface area (TPSA) is 24.9 Å². The Morgan fingerprint density at radius 1 is 1.47 bits per heavy atom. The smallest absolute Gasteiger partial charge is 0.0482 e. The number of nitrogens with one attached hydrogen (secondary N) is 1. The molecule has 1 aromatic rings. The molecule has 1 aliphatic carbocycles. The Morgan fingerprint density at radius 3 is 3.21 bits per heavy atom. The van der Waals surface area contributed by atoms with Crippen LogP contribution in [-0.4, -0.2) is 40.1 Å². The van der Waals surface area contributed by atoms with Gasteiger partial charge >= 0.3 is 0 Å². The second-order valence-corrected chi connectivity index (χ2v) is 7.76. The molecule has 1 N–H and O–H groups in total. The molecule has 0 spiro atoms. The molecule has 2 nitrogen and oxygen atoms in total. The lowest BCUT2D eigenvalue weighted by molar-refractivity contribution is 0.431. The summed E-state index contributed by atoms with van der Waals surface area (Å²) in [4.78, 5) is 4.68. The van der Waals surface area contributed by atoms with Gasteiger partial charge in [-0.2, -0.15) is 23.5 Å². The van der Waals surface area contributed by atoms with E-state index in [1.165, 1.54) is 41.4 Å². The molecule has 1 aliphatic heterocycles. The van der Waals surface area contributed by atoms with Crippen molar-refractivity contribution in [1.82, 2.24) is 10.3 Å². The quantitative estimate of drug-likeness (QED) is 0.923. The number of aromatic nitrogens is 1. The Hall–Kier alpha value is -0.190. The highest BCUT2D eigenvalue weighted by Crippen LogP contribution is 2.39. The minimum absolute atomic E-state index is 0.596. The summed E-state index contributed by atoms with van der Waals surface area (Å²) in [6.07, 6.45) is 4.44. The molecule has 0 aromatic carbocycles. The summed E-state index contributed by atoms with van der Waals surface area (Å²) in [7, 11) is 0. The average molecular weight is 294 g/mol. The van der Waals surface area contributed by atoms with Gasteiger partial charge in [0, 0.05) is 46.4 Å². The fourth-order valence-electron chi connectivity index (χ4n) is 3.28. The van der Waals surface area contributed by atoms with E-state index in [0.717, 1.165) is 11.8 Å². The highest BCUT2D eigenvalue weighted by Gasteiger charge is 2.36. The molecule has 2 heterocycles. The Kier molecular flexibility index (Phi) is 4.72. The summed E-state index contributed by atoms with van der Waals surface area (Å²) in [6, 6.07) is 4.93. The van der Waals surface area contributed by atoms with Gasteiger partial charge in [0.2, 0.25) is 0 Å². The van der Waals surface area contributed by atoms with Crippen LogP contribution in [0.15, 0.2) is 18.3 Å². The molecule has 3 rings (SSSR count). The molecule has 4 heteroatoms. The Morgan fingerprint density at radius 2 is 2.42 bits per heavy atom. The van der Waals surface area contributed by atoms with E-state index in [2.05, 4.69) is 52.9 Å². The summed E-state index contributed by atoms with van der Waals surface area (Å²) in [6.45, 7) is 3.28. The second-order valence-electron chi connectivity index (χ2n) is 5.26. The first-order chi connectivity index (χ1) is 9.40. The van der Waals surface area contributed by atoms with Crippen LogP contribution in [-0.2, 0) is 6.42 Å². The molecule has 0 radical (unpaired) electrons. The standard InChI is InChI=1S/C15H22N2S2/c1-2-16-15(13-10-18-8-9-19-13)12-6-5-11-4-3-7-17-14(11)12/h3-4,7,12-13,15-16H,2,5-6,8-10H2,1H3. The molecule has 2 aliphatic rings. The van der Waals surface area contributed by atoms with Crippen molar-refractivity contribution < 1.29 is 0 Å². The number of rotatable bonds is 4. The van der Waals surface area contributed by atoms with Crippen LogP contribution < -0.4 is 5.32 Å². The van der Waals surface area contributed by atoms with Crippen LogP contribution in [0.4, 0.5) is 0 Å². The van der Waals surface area contributed by atoms with E-state index in [9.17, 15) is 0 Å². The molecule has 1 saturated heterocycles. The normalized spacial score (nSPS) is 28.1. The number of hydrogen-bond donors (Lipinski definition) is 1. The van der Waals surface area contributed by atoms with Crippen molar-refractivity contribution >= 4 is 23.5 Å². The van der Waals surface area contributed by atoms with Crippen LogP contribution in [0.25, 0.3) is 0 Å². The van der Waals surface area contributed by atoms with Crippen molar-refractivity contribution in [3.8, 4) is 0 Å². The summed E-state index contributed by atoms with van der Waals surface area (Å²) in [5.74, 6) is 4.53. The van der Waals surface area contributed by atoms with E-state index in [1.54, 1.807) is 0 Å². The zero-order valence-corrected chi connectivity index (χ0v) is 13.1. The van der Waals surface area contributed by atoms with Gasteiger partial charge in [-0.05, 0) is 31.0 Å². The Labute approximate surface area is 124 Å². The van der Waals surface area contributed by atoms with Gasteiger partial charge in [-0.25, -0.2) is 0 Å². The number of fused-ring (bicyclic) bond motifs is 1. The molecule has 0 bridgehead atoms. The third-order valence-electron chi connectivity index (χ3n) is 4.12. The maximum atomic E-state index is 4.68. The predicted molar refractivity (Wildman–Crippen MR) is 86.3 cm³/mol. The van der Waals surface area contributed by atoms with Crippen molar-refractivity contribution in [2.24, 2.45) is 0 Å². The van der Waals surface area contributed by atoms with E-state index in [1.807, 2.05) is 6.20 Å². The number of likely N-dealkylation sites (N-methyl/N-ethyl adjacent to an activating group) is 1. The third kappa shape index (κ3) is 2.96. The molecular formula is C15H22N2S2. The predicted octanol–water partition coefficient (Wildman–Crippen LogP) is 2.94. The van der Waals surface area contributed by atoms with E-state index < -0.39 is 0 Å². The lowest BCUT2D eigenvalue weighted by atomic mass is 9.94. The van der Waals surface area contributed by atoms with Gasteiger partial charge < -0.3 is 5.32 Å². The highest BCUT2D eigenvalue weighted by atomic mass is 32.2. The van der Waals surface area contributed by atoms with Gasteiger partial charge in [0.15, 0.2) is 0 Å². The fraction of sp³-hybridized carbons (Fsp3) is 0.667. The van der Waals surface area contributed by atoms with Gasteiger partial charge in [-0.15, -0.1) is 0 Å². The number of hydrogen-bond acceptors (Lipinski definition) is 4. The molecule has 104 valence electrons. The average Bonchev–Trinajstić information content (AvgIpc) is 2.89. The second kappa shape index (κ2) is 6.51. The van der Waals surface area contributed by atoms with Crippen molar-refractivity contribution in [2.45, 2.75) is 37.0 Å². The van der Waals surface area contributed by atoms with Crippen LogP contribution in [0.2, 0.25) is 0 Å². The molecule has 3 unspecified atom stereocenters. The maximum absolute atomic E-state index is 4.68. The summed E-state index contributed by atoms with van der Waals surface area (Å²) >= 11 is 4.28. The first kappa shape index (κ1) is 13.8. The van der Waals surface area contributed by atoms with Crippen molar-refractivity contribution in [3.63, 3.8) is 0 Å². The number of thioether (sulfide) groups is 2. The number of pyridine rings is 1. The van der Waals surface area contributed by atoms with Crippen molar-refractivity contribution in [2.75, 3.05) is 23.8 Å². The Balaban J connectivity index is 1.80. The minimum atomic E-state index is 0.596. The van der Waals surface area contributed by atoms with Crippen LogP contribution in [0.3, 0.4) is 0 Å². The third-order valence-corrected chi connectivity index (χ3v) is 7.00. The maximum Gasteiger partial charge on any atom is 0.0482 e. The fourth-order valence-corrected chi connectivity index (χ4v) is 6.21. The summed E-state index contributed by atoms with van der Waals surface area (Å²) in [5, 5.41) is 4.51. The molecule has 1 fully saturated rings. The van der Waals surface area contributed by atoms with Gasteiger partial charge in [0.05, 0.1) is 0 Å². The minimum Gasteiger partial charge on any atom is -0.312 e.